The van der Waals surface area contributed by atoms with Gasteiger partial charge >= 0.3 is 0 Å². The van der Waals surface area contributed by atoms with Crippen LogP contribution in [0.2, 0.25) is 0 Å². The number of methoxy groups -OCH3 is 1. The standard InChI is InChI=1S/C15H23NO2/c1-10-7-11(2)15(18-6)13(8-10)14(16(4)5)9-12(3)17/h7-8,14H,9H2,1-6H3. The van der Waals surface area contributed by atoms with Gasteiger partial charge in [0.2, 0.25) is 0 Å². The maximum Gasteiger partial charge on any atom is 0.131 e. The summed E-state index contributed by atoms with van der Waals surface area (Å²) in [5, 5.41) is 0. The fraction of sp³-hybridized carbons (Fsp3) is 0.533. The first-order valence-electron chi connectivity index (χ1n) is 6.17. The number of carbonyl (C=O) groups is 1. The summed E-state index contributed by atoms with van der Waals surface area (Å²) < 4.78 is 5.51. The highest BCUT2D eigenvalue weighted by Gasteiger charge is 2.21. The van der Waals surface area contributed by atoms with E-state index in [1.165, 1.54) is 5.56 Å². The second-order valence-corrected chi connectivity index (χ2v) is 5.09. The van der Waals surface area contributed by atoms with E-state index in [2.05, 4.69) is 24.0 Å². The molecule has 0 heterocycles. The van der Waals surface area contributed by atoms with Gasteiger partial charge in [0.05, 0.1) is 7.11 Å². The van der Waals surface area contributed by atoms with E-state index in [1.54, 1.807) is 14.0 Å². The van der Waals surface area contributed by atoms with Gasteiger partial charge in [0.25, 0.3) is 0 Å². The second kappa shape index (κ2) is 6.01. The van der Waals surface area contributed by atoms with Gasteiger partial charge in [-0.25, -0.2) is 0 Å². The van der Waals surface area contributed by atoms with E-state index in [4.69, 9.17) is 4.74 Å². The molecule has 0 radical (unpaired) electrons. The van der Waals surface area contributed by atoms with Gasteiger partial charge < -0.3 is 9.64 Å². The third kappa shape index (κ3) is 3.33. The molecule has 1 aromatic rings. The molecule has 0 aliphatic heterocycles. The SMILES string of the molecule is COc1c(C)cc(C)cc1C(CC(C)=O)N(C)C. The zero-order valence-electron chi connectivity index (χ0n) is 12.2. The van der Waals surface area contributed by atoms with E-state index in [0.717, 1.165) is 16.9 Å². The molecule has 0 amide bonds. The van der Waals surface area contributed by atoms with Crippen molar-refractivity contribution in [3.63, 3.8) is 0 Å². The Balaban J connectivity index is 3.30. The van der Waals surface area contributed by atoms with Crippen molar-refractivity contribution in [3.8, 4) is 5.75 Å². The smallest absolute Gasteiger partial charge is 0.131 e. The Kier molecular flexibility index (Phi) is 4.91. The molecule has 1 rings (SSSR count). The predicted molar refractivity (Wildman–Crippen MR) is 74.2 cm³/mol. The molecule has 0 fully saturated rings. The number of hydrogen-bond donors (Lipinski definition) is 0. The Bertz CT molecular complexity index is 438. The number of rotatable bonds is 5. The van der Waals surface area contributed by atoms with Crippen molar-refractivity contribution in [2.45, 2.75) is 33.2 Å². The van der Waals surface area contributed by atoms with E-state index in [-0.39, 0.29) is 11.8 Å². The Morgan fingerprint density at radius 2 is 1.94 bits per heavy atom. The van der Waals surface area contributed by atoms with Crippen molar-refractivity contribution in [3.05, 3.63) is 28.8 Å². The Morgan fingerprint density at radius 3 is 2.39 bits per heavy atom. The minimum atomic E-state index is 0.0658. The molecule has 100 valence electrons. The Hall–Kier alpha value is -1.35. The summed E-state index contributed by atoms with van der Waals surface area (Å²) in [6.07, 6.45) is 0.506. The Morgan fingerprint density at radius 1 is 1.33 bits per heavy atom. The van der Waals surface area contributed by atoms with Crippen LogP contribution in [0.15, 0.2) is 12.1 Å². The third-order valence-corrected chi connectivity index (χ3v) is 3.11. The molecule has 0 aromatic heterocycles. The fourth-order valence-corrected chi connectivity index (χ4v) is 2.36. The van der Waals surface area contributed by atoms with Crippen LogP contribution in [0.4, 0.5) is 0 Å². The largest absolute Gasteiger partial charge is 0.496 e. The van der Waals surface area contributed by atoms with Crippen LogP contribution in [0.1, 0.15) is 36.1 Å². The van der Waals surface area contributed by atoms with Crippen molar-refractivity contribution in [2.24, 2.45) is 0 Å². The molecule has 0 aliphatic rings. The number of nitrogens with zero attached hydrogens (tertiary/aromatic N) is 1. The maximum atomic E-state index is 11.4. The van der Waals surface area contributed by atoms with Gasteiger partial charge in [0.1, 0.15) is 11.5 Å². The average Bonchev–Trinajstić information content (AvgIpc) is 2.24. The molecule has 1 aromatic carbocycles. The first-order valence-corrected chi connectivity index (χ1v) is 6.17. The normalized spacial score (nSPS) is 12.6. The molecule has 0 spiro atoms. The lowest BCUT2D eigenvalue weighted by atomic mass is 9.95. The highest BCUT2D eigenvalue weighted by Crippen LogP contribution is 2.34. The molecule has 18 heavy (non-hydrogen) atoms. The maximum absolute atomic E-state index is 11.4. The van der Waals surface area contributed by atoms with Crippen molar-refractivity contribution in [1.82, 2.24) is 4.90 Å². The van der Waals surface area contributed by atoms with Crippen LogP contribution in [0.5, 0.6) is 5.75 Å². The van der Waals surface area contributed by atoms with Gasteiger partial charge in [-0.05, 0) is 40.4 Å². The third-order valence-electron chi connectivity index (χ3n) is 3.11. The average molecular weight is 249 g/mol. The first-order chi connectivity index (χ1) is 8.36. The molecule has 0 saturated heterocycles. The number of carbonyl (C=O) groups excluding carboxylic acids is 1. The van der Waals surface area contributed by atoms with Gasteiger partial charge in [-0.15, -0.1) is 0 Å². The molecule has 3 nitrogen and oxygen atoms in total. The van der Waals surface area contributed by atoms with Crippen molar-refractivity contribution in [1.29, 1.82) is 0 Å². The van der Waals surface area contributed by atoms with E-state index >= 15 is 0 Å². The van der Waals surface area contributed by atoms with Crippen molar-refractivity contribution >= 4 is 5.78 Å². The first kappa shape index (κ1) is 14.7. The zero-order valence-corrected chi connectivity index (χ0v) is 12.2. The lowest BCUT2D eigenvalue weighted by molar-refractivity contribution is -0.118. The zero-order chi connectivity index (χ0) is 13.9. The lowest BCUT2D eigenvalue weighted by Gasteiger charge is -2.26. The molecular formula is C15H23NO2. The summed E-state index contributed by atoms with van der Waals surface area (Å²) in [6.45, 7) is 5.73. The van der Waals surface area contributed by atoms with Crippen LogP contribution in [-0.4, -0.2) is 31.9 Å². The summed E-state index contributed by atoms with van der Waals surface area (Å²) in [4.78, 5) is 13.5. The topological polar surface area (TPSA) is 29.5 Å². The van der Waals surface area contributed by atoms with Gasteiger partial charge in [-0.3, -0.25) is 4.79 Å². The molecule has 3 heteroatoms. The number of Topliss-reactive ketones (excluding diaryl/α,β-unsaturated/α-hetero) is 1. The molecule has 0 aliphatic carbocycles. The quantitative estimate of drug-likeness (QED) is 0.803. The van der Waals surface area contributed by atoms with Gasteiger partial charge in [0.15, 0.2) is 0 Å². The number of ketones is 1. The van der Waals surface area contributed by atoms with Gasteiger partial charge in [-0.2, -0.15) is 0 Å². The molecular weight excluding hydrogens is 226 g/mol. The van der Waals surface area contributed by atoms with Crippen molar-refractivity contribution in [2.75, 3.05) is 21.2 Å². The summed E-state index contributed by atoms with van der Waals surface area (Å²) in [7, 11) is 5.66. The van der Waals surface area contributed by atoms with E-state index in [1.807, 2.05) is 21.0 Å². The lowest BCUT2D eigenvalue weighted by Crippen LogP contribution is -2.23. The van der Waals surface area contributed by atoms with Crippen molar-refractivity contribution < 1.29 is 9.53 Å². The molecule has 0 N–H and O–H groups in total. The molecule has 0 saturated carbocycles. The van der Waals surface area contributed by atoms with Crippen LogP contribution >= 0.6 is 0 Å². The van der Waals surface area contributed by atoms with Crippen LogP contribution in [0.3, 0.4) is 0 Å². The summed E-state index contributed by atoms with van der Waals surface area (Å²) in [6, 6.07) is 4.28. The number of aryl methyl sites for hydroxylation is 2. The predicted octanol–water partition coefficient (Wildman–Crippen LogP) is 2.89. The highest BCUT2D eigenvalue weighted by atomic mass is 16.5. The summed E-state index contributed by atoms with van der Waals surface area (Å²) in [5.41, 5.74) is 3.40. The summed E-state index contributed by atoms with van der Waals surface area (Å²) in [5.74, 6) is 1.08. The van der Waals surface area contributed by atoms with Crippen LogP contribution in [-0.2, 0) is 4.79 Å². The Labute approximate surface area is 110 Å². The molecule has 0 bridgehead atoms. The minimum Gasteiger partial charge on any atom is -0.496 e. The van der Waals surface area contributed by atoms with Crippen LogP contribution < -0.4 is 4.74 Å². The number of benzene rings is 1. The van der Waals surface area contributed by atoms with Gasteiger partial charge in [-0.1, -0.05) is 17.7 Å². The molecule has 1 unspecified atom stereocenters. The van der Waals surface area contributed by atoms with E-state index in [0.29, 0.717) is 6.42 Å². The second-order valence-electron chi connectivity index (χ2n) is 5.09. The number of hydrogen-bond acceptors (Lipinski definition) is 3. The minimum absolute atomic E-state index is 0.0658. The molecule has 1 atom stereocenters. The monoisotopic (exact) mass is 249 g/mol. The number of ether oxygens (including phenoxy) is 1. The summed E-state index contributed by atoms with van der Waals surface area (Å²) >= 11 is 0. The highest BCUT2D eigenvalue weighted by molar-refractivity contribution is 5.76. The van der Waals surface area contributed by atoms with E-state index in [9.17, 15) is 4.79 Å². The van der Waals surface area contributed by atoms with E-state index < -0.39 is 0 Å². The fourth-order valence-electron chi connectivity index (χ4n) is 2.36. The van der Waals surface area contributed by atoms with Crippen LogP contribution in [0.25, 0.3) is 0 Å². The van der Waals surface area contributed by atoms with Crippen LogP contribution in [0, 0.1) is 13.8 Å². The van der Waals surface area contributed by atoms with Gasteiger partial charge in [0, 0.05) is 18.0 Å².